The van der Waals surface area contributed by atoms with E-state index in [4.69, 9.17) is 0 Å². The monoisotopic (exact) mass is 280 g/mol. The first kappa shape index (κ1) is 15.0. The van der Waals surface area contributed by atoms with Crippen LogP contribution in [0.5, 0.6) is 0 Å². The molecule has 4 unspecified atom stereocenters. The van der Waals surface area contributed by atoms with E-state index in [1.54, 1.807) is 0 Å². The lowest BCUT2D eigenvalue weighted by atomic mass is 9.73. The number of nitrogens with one attached hydrogen (secondary N) is 1. The van der Waals surface area contributed by atoms with Crippen LogP contribution in [0.25, 0.3) is 0 Å². The third-order valence-electron chi connectivity index (χ3n) is 4.76. The van der Waals surface area contributed by atoms with Gasteiger partial charge in [0, 0.05) is 10.9 Å². The summed E-state index contributed by atoms with van der Waals surface area (Å²) in [6, 6.07) is 0.520. The number of hydrogen-bond acceptors (Lipinski definition) is 3. The molecule has 4 atom stereocenters. The Kier molecular flexibility index (Phi) is 5.02. The maximum absolute atomic E-state index is 4.62. The normalized spacial score (nSPS) is 29.4. The fourth-order valence-corrected chi connectivity index (χ4v) is 4.52. The summed E-state index contributed by atoms with van der Waals surface area (Å²) in [7, 11) is 0. The standard InChI is InChI=1S/C16H28N2S/c1-6-17-15(16-12(4)18-13(5)19-16)14-8-7-10(2)11(3)9-14/h10-11,14-15,17H,6-9H2,1-5H3. The Morgan fingerprint density at radius 3 is 2.53 bits per heavy atom. The van der Waals surface area contributed by atoms with Gasteiger partial charge in [-0.05, 0) is 51.0 Å². The summed E-state index contributed by atoms with van der Waals surface area (Å²) >= 11 is 1.88. The lowest BCUT2D eigenvalue weighted by Gasteiger charge is -2.37. The van der Waals surface area contributed by atoms with Gasteiger partial charge in [-0.25, -0.2) is 4.98 Å². The van der Waals surface area contributed by atoms with Crippen molar-refractivity contribution in [1.82, 2.24) is 10.3 Å². The highest BCUT2D eigenvalue weighted by molar-refractivity contribution is 7.11. The first-order valence-electron chi connectivity index (χ1n) is 7.70. The molecular weight excluding hydrogens is 252 g/mol. The summed E-state index contributed by atoms with van der Waals surface area (Å²) in [6.45, 7) is 12.4. The van der Waals surface area contributed by atoms with Crippen LogP contribution in [-0.2, 0) is 0 Å². The largest absolute Gasteiger partial charge is 0.309 e. The average Bonchev–Trinajstić information content (AvgIpc) is 2.69. The fourth-order valence-electron chi connectivity index (χ4n) is 3.42. The van der Waals surface area contributed by atoms with E-state index >= 15 is 0 Å². The van der Waals surface area contributed by atoms with E-state index in [-0.39, 0.29) is 0 Å². The second-order valence-electron chi connectivity index (χ2n) is 6.25. The van der Waals surface area contributed by atoms with Crippen molar-refractivity contribution in [2.75, 3.05) is 6.54 Å². The predicted octanol–water partition coefficient (Wildman–Crippen LogP) is 4.48. The lowest BCUT2D eigenvalue weighted by molar-refractivity contribution is 0.173. The van der Waals surface area contributed by atoms with Gasteiger partial charge in [0.2, 0.25) is 0 Å². The van der Waals surface area contributed by atoms with E-state index in [0.717, 1.165) is 24.3 Å². The van der Waals surface area contributed by atoms with Crippen LogP contribution in [-0.4, -0.2) is 11.5 Å². The fraction of sp³-hybridized carbons (Fsp3) is 0.812. The number of aryl methyl sites for hydroxylation is 2. The molecule has 1 N–H and O–H groups in total. The molecule has 1 saturated carbocycles. The van der Waals surface area contributed by atoms with Crippen LogP contribution in [0.15, 0.2) is 0 Å². The number of rotatable bonds is 4. The van der Waals surface area contributed by atoms with Crippen molar-refractivity contribution in [3.63, 3.8) is 0 Å². The second kappa shape index (κ2) is 6.36. The van der Waals surface area contributed by atoms with Gasteiger partial charge in [0.1, 0.15) is 0 Å². The van der Waals surface area contributed by atoms with Gasteiger partial charge in [-0.2, -0.15) is 0 Å². The maximum atomic E-state index is 4.62. The summed E-state index contributed by atoms with van der Waals surface area (Å²) in [4.78, 5) is 6.10. The van der Waals surface area contributed by atoms with Crippen LogP contribution in [0.2, 0.25) is 0 Å². The summed E-state index contributed by atoms with van der Waals surface area (Å²) in [6.07, 6.45) is 4.10. The van der Waals surface area contributed by atoms with Gasteiger partial charge < -0.3 is 5.32 Å². The molecule has 1 aromatic rings. The van der Waals surface area contributed by atoms with Gasteiger partial charge in [-0.3, -0.25) is 0 Å². The zero-order chi connectivity index (χ0) is 14.0. The Morgan fingerprint density at radius 2 is 2.00 bits per heavy atom. The highest BCUT2D eigenvalue weighted by atomic mass is 32.1. The molecule has 0 aliphatic heterocycles. The molecule has 1 aliphatic carbocycles. The highest BCUT2D eigenvalue weighted by Gasteiger charge is 2.32. The molecule has 0 aromatic carbocycles. The first-order valence-corrected chi connectivity index (χ1v) is 8.51. The van der Waals surface area contributed by atoms with Crippen molar-refractivity contribution in [1.29, 1.82) is 0 Å². The summed E-state index contributed by atoms with van der Waals surface area (Å²) < 4.78 is 0. The molecule has 0 saturated heterocycles. The molecular formula is C16H28N2S. The topological polar surface area (TPSA) is 24.9 Å². The number of thiazole rings is 1. The molecule has 2 rings (SSSR count). The van der Waals surface area contributed by atoms with Gasteiger partial charge in [0.25, 0.3) is 0 Å². The molecule has 0 amide bonds. The molecule has 1 aliphatic rings. The number of hydrogen-bond donors (Lipinski definition) is 1. The van der Waals surface area contributed by atoms with Gasteiger partial charge in [0.15, 0.2) is 0 Å². The molecule has 0 bridgehead atoms. The first-order chi connectivity index (χ1) is 9.02. The van der Waals surface area contributed by atoms with Crippen LogP contribution in [0, 0.1) is 31.6 Å². The Bertz CT molecular complexity index is 413. The quantitative estimate of drug-likeness (QED) is 0.879. The van der Waals surface area contributed by atoms with E-state index < -0.39 is 0 Å². The van der Waals surface area contributed by atoms with Crippen LogP contribution < -0.4 is 5.32 Å². The molecule has 0 radical (unpaired) electrons. The smallest absolute Gasteiger partial charge is 0.0900 e. The van der Waals surface area contributed by atoms with E-state index in [0.29, 0.717) is 6.04 Å². The molecule has 0 spiro atoms. The molecule has 19 heavy (non-hydrogen) atoms. The van der Waals surface area contributed by atoms with Gasteiger partial charge in [-0.15, -0.1) is 11.3 Å². The van der Waals surface area contributed by atoms with Crippen molar-refractivity contribution in [3.05, 3.63) is 15.6 Å². The minimum Gasteiger partial charge on any atom is -0.309 e. The third-order valence-corrected chi connectivity index (χ3v) is 5.91. The van der Waals surface area contributed by atoms with Gasteiger partial charge in [0.05, 0.1) is 10.7 Å². The molecule has 108 valence electrons. The Hall–Kier alpha value is -0.410. The van der Waals surface area contributed by atoms with E-state index in [1.165, 1.54) is 34.8 Å². The zero-order valence-electron chi connectivity index (χ0n) is 13.0. The summed E-state index contributed by atoms with van der Waals surface area (Å²) in [5.41, 5.74) is 1.24. The van der Waals surface area contributed by atoms with Gasteiger partial charge in [-0.1, -0.05) is 27.2 Å². The maximum Gasteiger partial charge on any atom is 0.0900 e. The molecule has 1 aromatic heterocycles. The van der Waals surface area contributed by atoms with E-state index in [2.05, 4.69) is 44.9 Å². The van der Waals surface area contributed by atoms with E-state index in [1.807, 2.05) is 11.3 Å². The van der Waals surface area contributed by atoms with E-state index in [9.17, 15) is 0 Å². The van der Waals surface area contributed by atoms with Crippen LogP contribution in [0.4, 0.5) is 0 Å². The summed E-state index contributed by atoms with van der Waals surface area (Å²) in [5.74, 6) is 2.53. The summed E-state index contributed by atoms with van der Waals surface area (Å²) in [5, 5.41) is 4.93. The minimum atomic E-state index is 0.520. The Morgan fingerprint density at radius 1 is 1.26 bits per heavy atom. The Balaban J connectivity index is 2.18. The minimum absolute atomic E-state index is 0.520. The Labute approximate surface area is 122 Å². The van der Waals surface area contributed by atoms with Crippen molar-refractivity contribution in [2.45, 2.75) is 59.9 Å². The average molecular weight is 280 g/mol. The van der Waals surface area contributed by atoms with Crippen molar-refractivity contribution in [2.24, 2.45) is 17.8 Å². The van der Waals surface area contributed by atoms with Crippen molar-refractivity contribution in [3.8, 4) is 0 Å². The van der Waals surface area contributed by atoms with Crippen molar-refractivity contribution < 1.29 is 0 Å². The number of aromatic nitrogens is 1. The van der Waals surface area contributed by atoms with Crippen LogP contribution >= 0.6 is 11.3 Å². The lowest BCUT2D eigenvalue weighted by Crippen LogP contribution is -2.33. The van der Waals surface area contributed by atoms with Crippen LogP contribution in [0.1, 0.15) is 61.7 Å². The third kappa shape index (κ3) is 3.38. The number of nitrogens with zero attached hydrogens (tertiary/aromatic N) is 1. The SMILES string of the molecule is CCNC(c1sc(C)nc1C)C1CCC(C)C(C)C1. The second-order valence-corrected chi connectivity index (χ2v) is 7.48. The zero-order valence-corrected chi connectivity index (χ0v) is 13.8. The van der Waals surface area contributed by atoms with Gasteiger partial charge >= 0.3 is 0 Å². The molecule has 2 nitrogen and oxygen atoms in total. The van der Waals surface area contributed by atoms with Crippen LogP contribution in [0.3, 0.4) is 0 Å². The predicted molar refractivity (Wildman–Crippen MR) is 83.7 cm³/mol. The molecule has 1 fully saturated rings. The van der Waals surface area contributed by atoms with Crippen molar-refractivity contribution >= 4 is 11.3 Å². The molecule has 1 heterocycles. The highest BCUT2D eigenvalue weighted by Crippen LogP contribution is 2.41. The molecule has 3 heteroatoms.